The highest BCUT2D eigenvalue weighted by atomic mass is 35.5. The minimum atomic E-state index is -3.61. The standard InChI is InChI=1S/C13H13ClN2O2S/c1-15-11-5-7-12(8-6-11)16-19(17,18)13-4-2-3-10(14)9-13/h2-9,15-16H,1H3. The van der Waals surface area contributed by atoms with Crippen molar-refractivity contribution in [1.82, 2.24) is 0 Å². The highest BCUT2D eigenvalue weighted by molar-refractivity contribution is 7.92. The quantitative estimate of drug-likeness (QED) is 0.911. The second-order valence-corrected chi connectivity index (χ2v) is 6.01. The lowest BCUT2D eigenvalue weighted by molar-refractivity contribution is 0.601. The molecule has 0 saturated heterocycles. The van der Waals surface area contributed by atoms with Gasteiger partial charge in [-0.2, -0.15) is 0 Å². The fourth-order valence-corrected chi connectivity index (χ4v) is 2.91. The number of nitrogens with one attached hydrogen (secondary N) is 2. The molecule has 0 heterocycles. The van der Waals surface area contributed by atoms with Gasteiger partial charge in [0, 0.05) is 23.4 Å². The Hall–Kier alpha value is -1.72. The van der Waals surface area contributed by atoms with Gasteiger partial charge in [-0.05, 0) is 42.5 Å². The molecule has 4 nitrogen and oxygen atoms in total. The van der Waals surface area contributed by atoms with Crippen LogP contribution in [0.25, 0.3) is 0 Å². The first-order valence-corrected chi connectivity index (χ1v) is 7.43. The molecule has 6 heteroatoms. The zero-order chi connectivity index (χ0) is 13.9. The second kappa shape index (κ2) is 5.50. The molecule has 0 saturated carbocycles. The summed E-state index contributed by atoms with van der Waals surface area (Å²) in [5.74, 6) is 0. The van der Waals surface area contributed by atoms with Crippen LogP contribution in [0, 0.1) is 0 Å². The Morgan fingerprint density at radius 2 is 1.63 bits per heavy atom. The van der Waals surface area contributed by atoms with E-state index in [9.17, 15) is 8.42 Å². The maximum atomic E-state index is 12.1. The van der Waals surface area contributed by atoms with Gasteiger partial charge in [0.25, 0.3) is 10.0 Å². The summed E-state index contributed by atoms with van der Waals surface area (Å²) in [7, 11) is -1.81. The van der Waals surface area contributed by atoms with E-state index in [0.29, 0.717) is 10.7 Å². The van der Waals surface area contributed by atoms with Crippen molar-refractivity contribution in [3.8, 4) is 0 Å². The first kappa shape index (κ1) is 13.7. The molecular formula is C13H13ClN2O2S. The minimum absolute atomic E-state index is 0.137. The monoisotopic (exact) mass is 296 g/mol. The Morgan fingerprint density at radius 1 is 1.00 bits per heavy atom. The summed E-state index contributed by atoms with van der Waals surface area (Å²) >= 11 is 5.79. The molecule has 2 rings (SSSR count). The van der Waals surface area contributed by atoms with E-state index in [1.165, 1.54) is 12.1 Å². The van der Waals surface area contributed by atoms with Crippen LogP contribution in [0.3, 0.4) is 0 Å². The number of anilines is 2. The van der Waals surface area contributed by atoms with Gasteiger partial charge in [-0.3, -0.25) is 4.72 Å². The van der Waals surface area contributed by atoms with Gasteiger partial charge < -0.3 is 5.32 Å². The number of hydrogen-bond donors (Lipinski definition) is 2. The molecule has 0 amide bonds. The smallest absolute Gasteiger partial charge is 0.261 e. The molecule has 0 aliphatic rings. The molecule has 100 valence electrons. The number of halogens is 1. The van der Waals surface area contributed by atoms with Crippen LogP contribution < -0.4 is 10.0 Å². The number of rotatable bonds is 4. The van der Waals surface area contributed by atoms with Crippen molar-refractivity contribution in [2.24, 2.45) is 0 Å². The molecule has 0 unspecified atom stereocenters. The van der Waals surface area contributed by atoms with Gasteiger partial charge in [-0.25, -0.2) is 8.42 Å². The van der Waals surface area contributed by atoms with Crippen LogP contribution in [0.5, 0.6) is 0 Å². The lowest BCUT2D eigenvalue weighted by Gasteiger charge is -2.09. The summed E-state index contributed by atoms with van der Waals surface area (Å²) in [6.07, 6.45) is 0. The first-order valence-electron chi connectivity index (χ1n) is 5.57. The Bertz CT molecular complexity index is 669. The Balaban J connectivity index is 2.25. The lowest BCUT2D eigenvalue weighted by atomic mass is 10.3. The Kier molecular flexibility index (Phi) is 3.97. The third-order valence-corrected chi connectivity index (χ3v) is 4.15. The van der Waals surface area contributed by atoms with E-state index in [2.05, 4.69) is 10.0 Å². The molecule has 0 radical (unpaired) electrons. The van der Waals surface area contributed by atoms with Crippen molar-refractivity contribution in [3.05, 3.63) is 53.6 Å². The van der Waals surface area contributed by atoms with Crippen LogP contribution >= 0.6 is 11.6 Å². The van der Waals surface area contributed by atoms with Crippen LogP contribution in [0.15, 0.2) is 53.4 Å². The van der Waals surface area contributed by atoms with Gasteiger partial charge in [-0.1, -0.05) is 17.7 Å². The van der Waals surface area contributed by atoms with Gasteiger partial charge in [0.15, 0.2) is 0 Å². The predicted molar refractivity (Wildman–Crippen MR) is 78.2 cm³/mol. The molecule has 0 bridgehead atoms. The number of hydrogen-bond acceptors (Lipinski definition) is 3. The summed E-state index contributed by atoms with van der Waals surface area (Å²) in [6.45, 7) is 0. The molecule has 2 aromatic rings. The molecule has 19 heavy (non-hydrogen) atoms. The Morgan fingerprint density at radius 3 is 2.21 bits per heavy atom. The molecule has 0 aliphatic heterocycles. The van der Waals surface area contributed by atoms with E-state index < -0.39 is 10.0 Å². The third kappa shape index (κ3) is 3.39. The summed E-state index contributed by atoms with van der Waals surface area (Å²) in [5, 5.41) is 3.34. The topological polar surface area (TPSA) is 58.2 Å². The SMILES string of the molecule is CNc1ccc(NS(=O)(=O)c2cccc(Cl)c2)cc1. The fraction of sp³-hybridized carbons (Fsp3) is 0.0769. The first-order chi connectivity index (χ1) is 9.01. The molecule has 0 fully saturated rings. The molecule has 0 atom stereocenters. The van der Waals surface area contributed by atoms with E-state index in [4.69, 9.17) is 11.6 Å². The van der Waals surface area contributed by atoms with Crippen molar-refractivity contribution in [2.45, 2.75) is 4.90 Å². The second-order valence-electron chi connectivity index (χ2n) is 3.89. The largest absolute Gasteiger partial charge is 0.388 e. The summed E-state index contributed by atoms with van der Waals surface area (Å²) in [5.41, 5.74) is 1.41. The van der Waals surface area contributed by atoms with Crippen LogP contribution in [0.4, 0.5) is 11.4 Å². The van der Waals surface area contributed by atoms with E-state index in [1.807, 2.05) is 0 Å². The third-order valence-electron chi connectivity index (χ3n) is 2.53. The highest BCUT2D eigenvalue weighted by Crippen LogP contribution is 2.20. The van der Waals surface area contributed by atoms with Gasteiger partial charge in [0.1, 0.15) is 0 Å². The summed E-state index contributed by atoms with van der Waals surface area (Å²) < 4.78 is 26.7. The normalized spacial score (nSPS) is 11.1. The van der Waals surface area contributed by atoms with Gasteiger partial charge >= 0.3 is 0 Å². The van der Waals surface area contributed by atoms with Gasteiger partial charge in [-0.15, -0.1) is 0 Å². The molecule has 2 N–H and O–H groups in total. The lowest BCUT2D eigenvalue weighted by Crippen LogP contribution is -2.12. The molecule has 0 spiro atoms. The number of benzene rings is 2. The highest BCUT2D eigenvalue weighted by Gasteiger charge is 2.14. The molecule has 0 aliphatic carbocycles. The maximum Gasteiger partial charge on any atom is 0.261 e. The van der Waals surface area contributed by atoms with Crippen molar-refractivity contribution >= 4 is 33.0 Å². The fourth-order valence-electron chi connectivity index (χ4n) is 1.55. The zero-order valence-corrected chi connectivity index (χ0v) is 11.8. The average Bonchev–Trinajstić information content (AvgIpc) is 2.39. The average molecular weight is 297 g/mol. The molecular weight excluding hydrogens is 284 g/mol. The van der Waals surface area contributed by atoms with Crippen LogP contribution in [0.2, 0.25) is 5.02 Å². The Labute approximate surface area is 117 Å². The molecule has 2 aromatic carbocycles. The number of sulfonamides is 1. The van der Waals surface area contributed by atoms with E-state index in [1.54, 1.807) is 43.4 Å². The van der Waals surface area contributed by atoms with Crippen LogP contribution in [0.1, 0.15) is 0 Å². The van der Waals surface area contributed by atoms with Crippen molar-refractivity contribution in [1.29, 1.82) is 0 Å². The maximum absolute atomic E-state index is 12.1. The molecule has 0 aromatic heterocycles. The zero-order valence-electron chi connectivity index (χ0n) is 10.2. The van der Waals surface area contributed by atoms with E-state index in [0.717, 1.165) is 5.69 Å². The van der Waals surface area contributed by atoms with E-state index >= 15 is 0 Å². The van der Waals surface area contributed by atoms with E-state index in [-0.39, 0.29) is 4.90 Å². The van der Waals surface area contributed by atoms with Crippen molar-refractivity contribution in [2.75, 3.05) is 17.1 Å². The summed E-state index contributed by atoms with van der Waals surface area (Å²) in [6, 6.07) is 13.1. The van der Waals surface area contributed by atoms with Gasteiger partial charge in [0.05, 0.1) is 4.90 Å². The van der Waals surface area contributed by atoms with Crippen LogP contribution in [-0.2, 0) is 10.0 Å². The van der Waals surface area contributed by atoms with Gasteiger partial charge in [0.2, 0.25) is 0 Å². The predicted octanol–water partition coefficient (Wildman–Crippen LogP) is 3.18. The summed E-state index contributed by atoms with van der Waals surface area (Å²) in [4.78, 5) is 0.137. The van der Waals surface area contributed by atoms with Crippen LogP contribution in [-0.4, -0.2) is 15.5 Å². The minimum Gasteiger partial charge on any atom is -0.388 e. The van der Waals surface area contributed by atoms with Crippen molar-refractivity contribution < 1.29 is 8.42 Å². The van der Waals surface area contributed by atoms with Crippen molar-refractivity contribution in [3.63, 3.8) is 0 Å².